The Labute approximate surface area is 191 Å². The van der Waals surface area contributed by atoms with Gasteiger partial charge in [-0.05, 0) is 78.9 Å². The van der Waals surface area contributed by atoms with Gasteiger partial charge in [0.05, 0.1) is 0 Å². The molecule has 0 amide bonds. The molecular formula is C25H23ClO6. The summed E-state index contributed by atoms with van der Waals surface area (Å²) in [5.74, 6) is 0.707. The lowest BCUT2D eigenvalue weighted by atomic mass is 10.1. The van der Waals surface area contributed by atoms with E-state index in [4.69, 9.17) is 26.9 Å². The van der Waals surface area contributed by atoms with Gasteiger partial charge in [0.1, 0.15) is 23.5 Å². The molecule has 3 N–H and O–H groups in total. The third kappa shape index (κ3) is 9.73. The van der Waals surface area contributed by atoms with Crippen LogP contribution < -0.4 is 0 Å². The molecular weight excluding hydrogens is 432 g/mol. The van der Waals surface area contributed by atoms with Gasteiger partial charge < -0.3 is 15.3 Å². The molecule has 3 aromatic carbocycles. The summed E-state index contributed by atoms with van der Waals surface area (Å²) in [6.45, 7) is 3.35. The van der Waals surface area contributed by atoms with Crippen molar-refractivity contribution in [1.82, 2.24) is 0 Å². The number of phenols is 3. The predicted molar refractivity (Wildman–Crippen MR) is 124 cm³/mol. The Morgan fingerprint density at radius 1 is 0.750 bits per heavy atom. The number of alkyl halides is 1. The molecule has 0 atom stereocenters. The molecule has 0 bridgehead atoms. The van der Waals surface area contributed by atoms with E-state index in [2.05, 4.69) is 6.58 Å². The van der Waals surface area contributed by atoms with Gasteiger partial charge in [-0.2, -0.15) is 0 Å². The van der Waals surface area contributed by atoms with Crippen LogP contribution in [0, 0.1) is 0 Å². The number of phenolic OH excluding ortho intramolecular Hbond substituents is 3. The summed E-state index contributed by atoms with van der Waals surface area (Å²) in [6, 6.07) is 18.3. The summed E-state index contributed by atoms with van der Waals surface area (Å²) in [6.07, 6.45) is 2.32. The van der Waals surface area contributed by atoms with Gasteiger partial charge in [0.2, 0.25) is 0 Å². The number of aldehydes is 1. The number of hydrogen-bond donors (Lipinski definition) is 3. The zero-order chi connectivity index (χ0) is 23.9. The number of hydrogen-bond acceptors (Lipinski definition) is 6. The van der Waals surface area contributed by atoms with Gasteiger partial charge in [-0.3, -0.25) is 14.4 Å². The molecule has 0 aromatic heterocycles. The third-order valence-electron chi connectivity index (χ3n) is 3.88. The smallest absolute Gasteiger partial charge is 0.185 e. The Morgan fingerprint density at radius 2 is 1.16 bits per heavy atom. The van der Waals surface area contributed by atoms with Gasteiger partial charge >= 0.3 is 0 Å². The van der Waals surface area contributed by atoms with Gasteiger partial charge in [-0.25, -0.2) is 0 Å². The number of allylic oxidation sites excluding steroid dienone is 1. The van der Waals surface area contributed by atoms with Crippen molar-refractivity contribution in [3.8, 4) is 17.2 Å². The summed E-state index contributed by atoms with van der Waals surface area (Å²) in [4.78, 5) is 32.2. The van der Waals surface area contributed by atoms with E-state index in [0.29, 0.717) is 29.0 Å². The summed E-state index contributed by atoms with van der Waals surface area (Å²) in [5, 5.41) is 26.5. The molecule has 0 unspecified atom stereocenters. The number of Topliss-reactive ketones (excluding diaryl/α,β-unsaturated/α-hetero) is 1. The first kappa shape index (κ1) is 26.1. The van der Waals surface area contributed by atoms with Crippen LogP contribution in [0.2, 0.25) is 0 Å². The molecule has 3 aromatic rings. The summed E-state index contributed by atoms with van der Waals surface area (Å²) in [7, 11) is 0. The summed E-state index contributed by atoms with van der Waals surface area (Å²) < 4.78 is 0. The average Bonchev–Trinajstić information content (AvgIpc) is 2.81. The molecule has 0 fully saturated rings. The topological polar surface area (TPSA) is 112 Å². The summed E-state index contributed by atoms with van der Waals surface area (Å²) in [5.41, 5.74) is 1.71. The van der Waals surface area contributed by atoms with Crippen LogP contribution in [-0.2, 0) is 0 Å². The maximum absolute atomic E-state index is 11.2. The molecule has 0 radical (unpaired) electrons. The zero-order valence-corrected chi connectivity index (χ0v) is 17.9. The van der Waals surface area contributed by atoms with E-state index in [1.54, 1.807) is 36.4 Å². The lowest BCUT2D eigenvalue weighted by molar-refractivity contribution is 0.0987. The quantitative estimate of drug-likeness (QED) is 0.205. The van der Waals surface area contributed by atoms with Gasteiger partial charge in [0.25, 0.3) is 0 Å². The standard InChI is InChI=1S/C9H9ClO2.C9H8O2.C7H6O2/c10-6-5-9(12)7-1-3-8(11)4-2-7;1-2-9(11)7-3-5-8(10)6-4-7;8-5-6-1-3-7(9)4-2-6/h1-4,11H,5-6H2;2-6,10H,1H2;1-5,9H. The Hall–Kier alpha value is -3.90. The summed E-state index contributed by atoms with van der Waals surface area (Å²) >= 11 is 5.41. The maximum Gasteiger partial charge on any atom is 0.185 e. The highest BCUT2D eigenvalue weighted by atomic mass is 35.5. The van der Waals surface area contributed by atoms with E-state index < -0.39 is 0 Å². The Bertz CT molecular complexity index is 1010. The number of rotatable bonds is 6. The molecule has 6 nitrogen and oxygen atoms in total. The Kier molecular flexibility index (Phi) is 11.6. The normalized spacial score (nSPS) is 9.28. The van der Waals surface area contributed by atoms with Crippen LogP contribution in [0.3, 0.4) is 0 Å². The highest BCUT2D eigenvalue weighted by molar-refractivity contribution is 6.19. The molecule has 0 aliphatic rings. The minimum absolute atomic E-state index is 0.00463. The Morgan fingerprint density at radius 3 is 1.53 bits per heavy atom. The predicted octanol–water partition coefficient (Wildman–Crippen LogP) is 5.17. The molecule has 0 aliphatic carbocycles. The maximum atomic E-state index is 11.2. The first-order chi connectivity index (χ1) is 15.3. The average molecular weight is 455 g/mol. The minimum atomic E-state index is -0.134. The fourth-order valence-corrected chi connectivity index (χ4v) is 2.35. The first-order valence-electron chi connectivity index (χ1n) is 9.39. The van der Waals surface area contributed by atoms with Crippen molar-refractivity contribution in [1.29, 1.82) is 0 Å². The van der Waals surface area contributed by atoms with Crippen molar-refractivity contribution in [2.24, 2.45) is 0 Å². The Balaban J connectivity index is 0.000000242. The SMILES string of the molecule is C=CC(=O)c1ccc(O)cc1.O=C(CCCl)c1ccc(O)cc1.O=Cc1ccc(O)cc1. The number of halogens is 1. The second-order valence-electron chi connectivity index (χ2n) is 6.23. The number of carbonyl (C=O) groups excluding carboxylic acids is 3. The molecule has 0 spiro atoms. The second kappa shape index (κ2) is 14.2. The van der Waals surface area contributed by atoms with E-state index in [1.807, 2.05) is 0 Å². The van der Waals surface area contributed by atoms with Crippen molar-refractivity contribution in [3.63, 3.8) is 0 Å². The number of carbonyl (C=O) groups is 3. The van der Waals surface area contributed by atoms with E-state index in [9.17, 15) is 14.4 Å². The molecule has 3 rings (SSSR count). The fourth-order valence-electron chi connectivity index (χ4n) is 2.17. The van der Waals surface area contributed by atoms with Crippen LogP contribution in [0.15, 0.2) is 85.5 Å². The van der Waals surface area contributed by atoms with Gasteiger partial charge in [-0.15, -0.1) is 11.6 Å². The molecule has 32 heavy (non-hydrogen) atoms. The van der Waals surface area contributed by atoms with Crippen molar-refractivity contribution in [2.75, 3.05) is 5.88 Å². The monoisotopic (exact) mass is 454 g/mol. The number of ketones is 2. The second-order valence-corrected chi connectivity index (χ2v) is 6.61. The van der Waals surface area contributed by atoms with Crippen molar-refractivity contribution >= 4 is 29.5 Å². The lowest BCUT2D eigenvalue weighted by Gasteiger charge is -1.97. The third-order valence-corrected chi connectivity index (χ3v) is 4.07. The number of benzene rings is 3. The molecule has 166 valence electrons. The van der Waals surface area contributed by atoms with Crippen LogP contribution in [0.5, 0.6) is 17.2 Å². The van der Waals surface area contributed by atoms with Crippen molar-refractivity contribution in [2.45, 2.75) is 6.42 Å². The molecule has 7 heteroatoms. The van der Waals surface area contributed by atoms with E-state index in [-0.39, 0.29) is 28.8 Å². The van der Waals surface area contributed by atoms with Crippen molar-refractivity contribution < 1.29 is 29.7 Å². The van der Waals surface area contributed by atoms with Crippen LogP contribution >= 0.6 is 11.6 Å². The molecule has 0 saturated carbocycles. The van der Waals surface area contributed by atoms with Gasteiger partial charge in [-0.1, -0.05) is 6.58 Å². The highest BCUT2D eigenvalue weighted by Crippen LogP contribution is 2.12. The van der Waals surface area contributed by atoms with Crippen LogP contribution in [0.4, 0.5) is 0 Å². The molecule has 0 aliphatic heterocycles. The van der Waals surface area contributed by atoms with E-state index in [0.717, 1.165) is 6.29 Å². The van der Waals surface area contributed by atoms with Gasteiger partial charge in [0, 0.05) is 29.0 Å². The van der Waals surface area contributed by atoms with Crippen molar-refractivity contribution in [3.05, 3.63) is 102 Å². The van der Waals surface area contributed by atoms with Crippen LogP contribution in [-0.4, -0.2) is 39.1 Å². The van der Waals surface area contributed by atoms with E-state index in [1.165, 1.54) is 42.5 Å². The first-order valence-corrected chi connectivity index (χ1v) is 9.92. The number of aromatic hydroxyl groups is 3. The van der Waals surface area contributed by atoms with E-state index >= 15 is 0 Å². The fraction of sp³-hybridized carbons (Fsp3) is 0.0800. The molecule has 0 heterocycles. The minimum Gasteiger partial charge on any atom is -0.508 e. The van der Waals surface area contributed by atoms with Gasteiger partial charge in [0.15, 0.2) is 11.6 Å². The largest absolute Gasteiger partial charge is 0.508 e. The molecule has 0 saturated heterocycles. The van der Waals surface area contributed by atoms with Crippen LogP contribution in [0.1, 0.15) is 37.5 Å². The van der Waals surface area contributed by atoms with Crippen LogP contribution in [0.25, 0.3) is 0 Å². The highest BCUT2D eigenvalue weighted by Gasteiger charge is 2.03. The lowest BCUT2D eigenvalue weighted by Crippen LogP contribution is -1.98. The zero-order valence-electron chi connectivity index (χ0n) is 17.1.